The fraction of sp³-hybridized carbons (Fsp3) is 0.176. The molecule has 0 aliphatic carbocycles. The number of benzene rings is 2. The Morgan fingerprint density at radius 1 is 1.25 bits per heavy atom. The fourth-order valence-corrected chi connectivity index (χ4v) is 3.85. The van der Waals surface area contributed by atoms with Gasteiger partial charge in [0, 0.05) is 0 Å². The predicted molar refractivity (Wildman–Crippen MR) is 111 cm³/mol. The molecule has 0 heterocycles. The number of hydrogen-bond acceptors (Lipinski definition) is 4. The average molecular weight is 550 g/mol. The quantitative estimate of drug-likeness (QED) is 0.339. The van der Waals surface area contributed by atoms with Crippen LogP contribution in [0.25, 0.3) is 0 Å². The summed E-state index contributed by atoms with van der Waals surface area (Å²) in [5, 5.41) is 13.6. The first-order valence-corrected chi connectivity index (χ1v) is 9.23. The summed E-state index contributed by atoms with van der Waals surface area (Å²) in [6.07, 6.45) is 1.53. The highest BCUT2D eigenvalue weighted by molar-refractivity contribution is 14.1. The molecule has 0 unspecified atom stereocenters. The Morgan fingerprint density at radius 2 is 1.83 bits per heavy atom. The maximum atomic E-state index is 11.8. The molecule has 24 heavy (non-hydrogen) atoms. The van der Waals surface area contributed by atoms with E-state index in [-0.39, 0.29) is 18.3 Å². The van der Waals surface area contributed by atoms with Gasteiger partial charge in [-0.1, -0.05) is 18.2 Å². The van der Waals surface area contributed by atoms with Gasteiger partial charge in [-0.05, 0) is 87.9 Å². The Hall–Kier alpha value is -1.36. The van der Waals surface area contributed by atoms with Crippen molar-refractivity contribution in [2.24, 2.45) is 5.10 Å². The molecular weight excluding hydrogens is 534 g/mol. The minimum Gasteiger partial charge on any atom is -0.506 e. The highest BCUT2D eigenvalue weighted by Gasteiger charge is 2.07. The van der Waals surface area contributed by atoms with Crippen LogP contribution >= 0.6 is 45.2 Å². The molecule has 126 valence electrons. The van der Waals surface area contributed by atoms with Gasteiger partial charge in [0.25, 0.3) is 5.91 Å². The van der Waals surface area contributed by atoms with Crippen molar-refractivity contribution in [3.8, 4) is 11.5 Å². The number of carbonyl (C=O) groups is 1. The molecular formula is C17H16I2N2O3. The molecule has 0 aliphatic heterocycles. The Labute approximate surface area is 167 Å². The van der Waals surface area contributed by atoms with Gasteiger partial charge in [0.1, 0.15) is 11.5 Å². The lowest BCUT2D eigenvalue weighted by Gasteiger charge is -2.10. The van der Waals surface area contributed by atoms with E-state index in [0.717, 1.165) is 29.6 Å². The molecule has 1 amide bonds. The summed E-state index contributed by atoms with van der Waals surface area (Å²) >= 11 is 4.09. The molecule has 2 N–H and O–H groups in total. The lowest BCUT2D eigenvalue weighted by atomic mass is 10.1. The zero-order chi connectivity index (χ0) is 17.7. The van der Waals surface area contributed by atoms with E-state index < -0.39 is 0 Å². The highest BCUT2D eigenvalue weighted by Crippen LogP contribution is 2.26. The Morgan fingerprint density at radius 3 is 2.42 bits per heavy atom. The molecule has 2 aromatic carbocycles. The van der Waals surface area contributed by atoms with E-state index in [9.17, 15) is 9.90 Å². The summed E-state index contributed by atoms with van der Waals surface area (Å²) in [5.74, 6) is 0.635. The van der Waals surface area contributed by atoms with Crippen LogP contribution in [-0.2, 0) is 4.79 Å². The van der Waals surface area contributed by atoms with Gasteiger partial charge < -0.3 is 9.84 Å². The summed E-state index contributed by atoms with van der Waals surface area (Å²) in [4.78, 5) is 11.8. The first-order chi connectivity index (χ1) is 11.4. The Kier molecular flexibility index (Phi) is 6.84. The van der Waals surface area contributed by atoms with Crippen molar-refractivity contribution in [1.82, 2.24) is 5.43 Å². The first kappa shape index (κ1) is 19.0. The third-order valence-electron chi connectivity index (χ3n) is 3.20. The second-order valence-electron chi connectivity index (χ2n) is 5.14. The zero-order valence-electron chi connectivity index (χ0n) is 13.1. The molecule has 0 saturated heterocycles. The molecule has 0 saturated carbocycles. The largest absolute Gasteiger partial charge is 0.506 e. The Bertz CT molecular complexity index is 748. The van der Waals surface area contributed by atoms with Crippen molar-refractivity contribution in [2.75, 3.05) is 6.61 Å². The number of nitrogens with one attached hydrogen (secondary N) is 1. The van der Waals surface area contributed by atoms with Gasteiger partial charge in [-0.25, -0.2) is 5.43 Å². The number of nitrogens with zero attached hydrogens (tertiary/aromatic N) is 1. The van der Waals surface area contributed by atoms with Gasteiger partial charge in [0.2, 0.25) is 0 Å². The number of hydrazone groups is 1. The second-order valence-corrected chi connectivity index (χ2v) is 7.46. The molecule has 0 spiro atoms. The number of para-hydroxylation sites is 1. The summed E-state index contributed by atoms with van der Waals surface area (Å²) in [6.45, 7) is 3.77. The summed E-state index contributed by atoms with van der Waals surface area (Å²) in [5.41, 5.74) is 5.19. The third-order valence-corrected chi connectivity index (χ3v) is 4.84. The molecule has 7 heteroatoms. The van der Waals surface area contributed by atoms with Crippen molar-refractivity contribution in [3.63, 3.8) is 0 Å². The number of amides is 1. The van der Waals surface area contributed by atoms with Crippen LogP contribution in [0.2, 0.25) is 0 Å². The third kappa shape index (κ3) is 5.07. The lowest BCUT2D eigenvalue weighted by molar-refractivity contribution is -0.123. The maximum Gasteiger partial charge on any atom is 0.277 e. The number of phenolic OH excluding ortho intramolecular Hbond substituents is 1. The minimum absolute atomic E-state index is 0.103. The van der Waals surface area contributed by atoms with E-state index in [1.54, 1.807) is 12.1 Å². The minimum atomic E-state index is -0.336. The van der Waals surface area contributed by atoms with Crippen LogP contribution in [0, 0.1) is 21.0 Å². The van der Waals surface area contributed by atoms with Crippen molar-refractivity contribution in [1.29, 1.82) is 0 Å². The van der Waals surface area contributed by atoms with E-state index in [1.807, 2.05) is 77.2 Å². The van der Waals surface area contributed by atoms with Gasteiger partial charge in [0.15, 0.2) is 6.61 Å². The van der Waals surface area contributed by atoms with Crippen LogP contribution in [0.5, 0.6) is 11.5 Å². The Balaban J connectivity index is 1.91. The van der Waals surface area contributed by atoms with Gasteiger partial charge in [0.05, 0.1) is 13.4 Å². The SMILES string of the molecule is Cc1cccc(C)c1OCC(=O)N/N=C/c1cc(I)c(O)c(I)c1. The van der Waals surface area contributed by atoms with Gasteiger partial charge in [-0.2, -0.15) is 5.10 Å². The molecule has 0 atom stereocenters. The summed E-state index contributed by atoms with van der Waals surface area (Å²) in [7, 11) is 0. The number of halogens is 2. The number of rotatable bonds is 5. The number of hydrogen-bond donors (Lipinski definition) is 2. The van der Waals surface area contributed by atoms with E-state index >= 15 is 0 Å². The van der Waals surface area contributed by atoms with Gasteiger partial charge >= 0.3 is 0 Å². The average Bonchev–Trinajstić information content (AvgIpc) is 2.52. The van der Waals surface area contributed by atoms with Gasteiger partial charge in [-0.3, -0.25) is 4.79 Å². The first-order valence-electron chi connectivity index (χ1n) is 7.07. The molecule has 5 nitrogen and oxygen atoms in total. The molecule has 0 radical (unpaired) electrons. The predicted octanol–water partition coefficient (Wildman–Crippen LogP) is 3.75. The molecule has 2 aromatic rings. The second kappa shape index (κ2) is 8.65. The molecule has 0 aromatic heterocycles. The standard InChI is InChI=1S/C17H16I2N2O3/c1-10-4-3-5-11(2)17(10)24-9-15(22)21-20-8-12-6-13(18)16(23)14(19)7-12/h3-8,23H,9H2,1-2H3,(H,21,22)/b20-8+. The van der Waals surface area contributed by atoms with Crippen molar-refractivity contribution in [2.45, 2.75) is 13.8 Å². The topological polar surface area (TPSA) is 70.9 Å². The molecule has 0 bridgehead atoms. The number of carbonyl (C=O) groups excluding carboxylic acids is 1. The summed E-state index contributed by atoms with van der Waals surface area (Å²) in [6, 6.07) is 9.38. The van der Waals surface area contributed by atoms with E-state index in [1.165, 1.54) is 6.21 Å². The molecule has 0 aliphatic rings. The lowest BCUT2D eigenvalue weighted by Crippen LogP contribution is -2.25. The molecule has 2 rings (SSSR count). The highest BCUT2D eigenvalue weighted by atomic mass is 127. The smallest absolute Gasteiger partial charge is 0.277 e. The van der Waals surface area contributed by atoms with Crippen LogP contribution in [0.4, 0.5) is 0 Å². The van der Waals surface area contributed by atoms with Crippen molar-refractivity contribution >= 4 is 57.3 Å². The normalized spacial score (nSPS) is 10.8. The fourth-order valence-electron chi connectivity index (χ4n) is 2.04. The van der Waals surface area contributed by atoms with Crippen LogP contribution < -0.4 is 10.2 Å². The number of aryl methyl sites for hydroxylation is 2. The van der Waals surface area contributed by atoms with Crippen LogP contribution in [-0.4, -0.2) is 23.8 Å². The van der Waals surface area contributed by atoms with E-state index in [0.29, 0.717) is 0 Å². The van der Waals surface area contributed by atoms with Gasteiger partial charge in [-0.15, -0.1) is 0 Å². The van der Waals surface area contributed by atoms with E-state index in [2.05, 4.69) is 10.5 Å². The van der Waals surface area contributed by atoms with Crippen LogP contribution in [0.1, 0.15) is 16.7 Å². The van der Waals surface area contributed by atoms with E-state index in [4.69, 9.17) is 4.74 Å². The van der Waals surface area contributed by atoms with Crippen molar-refractivity contribution < 1.29 is 14.6 Å². The zero-order valence-corrected chi connectivity index (χ0v) is 17.5. The molecule has 0 fully saturated rings. The monoisotopic (exact) mass is 550 g/mol. The number of ether oxygens (including phenoxy) is 1. The number of phenols is 1. The number of aromatic hydroxyl groups is 1. The van der Waals surface area contributed by atoms with Crippen LogP contribution in [0.3, 0.4) is 0 Å². The summed E-state index contributed by atoms with van der Waals surface area (Å²) < 4.78 is 7.02. The van der Waals surface area contributed by atoms with Crippen LogP contribution in [0.15, 0.2) is 35.4 Å². The maximum absolute atomic E-state index is 11.8. The van der Waals surface area contributed by atoms with Crippen molar-refractivity contribution in [3.05, 3.63) is 54.2 Å².